The Morgan fingerprint density at radius 2 is 2.03 bits per heavy atom. The number of aryl methyl sites for hydroxylation is 3. The molecule has 0 unspecified atom stereocenters. The molecule has 3 heterocycles. The second-order valence-electron chi connectivity index (χ2n) is 8.15. The number of carbonyl (C=O) groups is 1. The molecule has 0 saturated heterocycles. The number of rotatable bonds is 2. The Kier molecular flexibility index (Phi) is 4.74. The summed E-state index contributed by atoms with van der Waals surface area (Å²) in [5.41, 5.74) is 3.32. The Balaban J connectivity index is 1.51. The first kappa shape index (κ1) is 18.6. The van der Waals surface area contributed by atoms with E-state index in [1.807, 2.05) is 17.6 Å². The van der Waals surface area contributed by atoms with E-state index in [2.05, 4.69) is 23.5 Å². The summed E-state index contributed by atoms with van der Waals surface area (Å²) in [6.45, 7) is 2.61. The van der Waals surface area contributed by atoms with Crippen molar-refractivity contribution < 1.29 is 4.79 Å². The number of hydrogen-bond donors (Lipinski definition) is 1. The Morgan fingerprint density at radius 3 is 2.93 bits per heavy atom. The van der Waals surface area contributed by atoms with E-state index in [1.165, 1.54) is 22.5 Å². The third kappa shape index (κ3) is 3.19. The van der Waals surface area contributed by atoms with Crippen LogP contribution in [0.5, 0.6) is 0 Å². The molecule has 0 fully saturated rings. The number of fused-ring (bicyclic) bond motifs is 3. The monoisotopic (exact) mass is 407 g/mol. The number of aromatic nitrogens is 2. The lowest BCUT2D eigenvalue weighted by molar-refractivity contribution is 0.0936. The van der Waals surface area contributed by atoms with Crippen LogP contribution in [0.1, 0.15) is 70.3 Å². The number of nitrogens with one attached hydrogen (secondary N) is 1. The molecule has 29 heavy (non-hydrogen) atoms. The molecule has 0 bridgehead atoms. The Bertz CT molecular complexity index is 1160. The SMILES string of the molecule is Cc1c(C(=O)N[C@H]2CCCc3ccccc32)sc2nc3n(c(=O)c12)CCCCC3. The van der Waals surface area contributed by atoms with Crippen molar-refractivity contribution in [1.82, 2.24) is 14.9 Å². The molecule has 3 aromatic rings. The lowest BCUT2D eigenvalue weighted by atomic mass is 9.87. The van der Waals surface area contributed by atoms with Crippen LogP contribution in [-0.4, -0.2) is 15.5 Å². The Hall–Kier alpha value is -2.47. The van der Waals surface area contributed by atoms with Crippen molar-refractivity contribution in [1.29, 1.82) is 0 Å². The number of hydrogen-bond acceptors (Lipinski definition) is 4. The summed E-state index contributed by atoms with van der Waals surface area (Å²) in [6, 6.07) is 8.38. The van der Waals surface area contributed by atoms with Crippen LogP contribution in [0.15, 0.2) is 29.1 Å². The maximum atomic E-state index is 13.2. The van der Waals surface area contributed by atoms with E-state index >= 15 is 0 Å². The maximum Gasteiger partial charge on any atom is 0.262 e. The van der Waals surface area contributed by atoms with Gasteiger partial charge in [0.2, 0.25) is 0 Å². The van der Waals surface area contributed by atoms with Crippen LogP contribution < -0.4 is 10.9 Å². The van der Waals surface area contributed by atoms with Gasteiger partial charge in [-0.2, -0.15) is 0 Å². The highest BCUT2D eigenvalue weighted by Gasteiger charge is 2.26. The molecule has 0 radical (unpaired) electrons. The third-order valence-corrected chi connectivity index (χ3v) is 7.48. The molecule has 2 aromatic heterocycles. The van der Waals surface area contributed by atoms with Gasteiger partial charge in [-0.25, -0.2) is 4.98 Å². The molecule has 1 N–H and O–H groups in total. The second-order valence-corrected chi connectivity index (χ2v) is 9.15. The van der Waals surface area contributed by atoms with Crippen LogP contribution in [0.3, 0.4) is 0 Å². The second kappa shape index (κ2) is 7.41. The molecule has 0 saturated carbocycles. The zero-order valence-corrected chi connectivity index (χ0v) is 17.5. The zero-order valence-electron chi connectivity index (χ0n) is 16.7. The minimum Gasteiger partial charge on any atom is -0.345 e. The molecule has 1 aliphatic heterocycles. The van der Waals surface area contributed by atoms with Gasteiger partial charge in [-0.1, -0.05) is 30.7 Å². The van der Waals surface area contributed by atoms with E-state index < -0.39 is 0 Å². The molecule has 5 nitrogen and oxygen atoms in total. The lowest BCUT2D eigenvalue weighted by Crippen LogP contribution is -2.31. The lowest BCUT2D eigenvalue weighted by Gasteiger charge is -2.26. The van der Waals surface area contributed by atoms with E-state index in [1.54, 1.807) is 0 Å². The van der Waals surface area contributed by atoms with Gasteiger partial charge in [-0.05, 0) is 55.7 Å². The van der Waals surface area contributed by atoms with Gasteiger partial charge in [0.25, 0.3) is 11.5 Å². The third-order valence-electron chi connectivity index (χ3n) is 6.29. The fourth-order valence-electron chi connectivity index (χ4n) is 4.75. The van der Waals surface area contributed by atoms with Gasteiger partial charge < -0.3 is 5.32 Å². The summed E-state index contributed by atoms with van der Waals surface area (Å²) in [4.78, 5) is 32.4. The number of benzene rings is 1. The highest BCUT2D eigenvalue weighted by atomic mass is 32.1. The van der Waals surface area contributed by atoms with Gasteiger partial charge in [0.05, 0.1) is 16.3 Å². The quantitative estimate of drug-likeness (QED) is 0.689. The maximum absolute atomic E-state index is 13.2. The van der Waals surface area contributed by atoms with E-state index in [-0.39, 0.29) is 17.5 Å². The van der Waals surface area contributed by atoms with Gasteiger partial charge in [0.1, 0.15) is 10.7 Å². The summed E-state index contributed by atoms with van der Waals surface area (Å²) in [6.07, 6.45) is 7.13. The highest BCUT2D eigenvalue weighted by molar-refractivity contribution is 7.20. The molecule has 1 aliphatic carbocycles. The molecular weight excluding hydrogens is 382 g/mol. The van der Waals surface area contributed by atoms with Crippen molar-refractivity contribution in [2.45, 2.75) is 64.5 Å². The molecule has 1 amide bonds. The van der Waals surface area contributed by atoms with Crippen LogP contribution in [-0.2, 0) is 19.4 Å². The van der Waals surface area contributed by atoms with Crippen molar-refractivity contribution in [3.8, 4) is 0 Å². The number of nitrogens with zero attached hydrogens (tertiary/aromatic N) is 2. The van der Waals surface area contributed by atoms with E-state index in [0.717, 1.165) is 62.9 Å². The summed E-state index contributed by atoms with van der Waals surface area (Å²) in [5.74, 6) is 0.779. The van der Waals surface area contributed by atoms with Gasteiger partial charge in [-0.15, -0.1) is 11.3 Å². The van der Waals surface area contributed by atoms with Crippen LogP contribution in [0.4, 0.5) is 0 Å². The first-order valence-electron chi connectivity index (χ1n) is 10.5. The summed E-state index contributed by atoms with van der Waals surface area (Å²) < 4.78 is 1.83. The zero-order chi connectivity index (χ0) is 20.0. The van der Waals surface area contributed by atoms with Gasteiger partial charge in [-0.3, -0.25) is 14.2 Å². The predicted octanol–water partition coefficient (Wildman–Crippen LogP) is 4.30. The smallest absolute Gasteiger partial charge is 0.262 e. The highest BCUT2D eigenvalue weighted by Crippen LogP contribution is 2.32. The van der Waals surface area contributed by atoms with Gasteiger partial charge >= 0.3 is 0 Å². The number of carbonyl (C=O) groups excluding carboxylic acids is 1. The first-order chi connectivity index (χ1) is 14.1. The normalized spacial score (nSPS) is 18.7. The van der Waals surface area contributed by atoms with E-state index in [4.69, 9.17) is 4.98 Å². The summed E-state index contributed by atoms with van der Waals surface area (Å²) >= 11 is 1.36. The molecule has 2 aliphatic rings. The molecule has 1 atom stereocenters. The van der Waals surface area contributed by atoms with Crippen molar-refractivity contribution >= 4 is 27.5 Å². The molecule has 5 rings (SSSR count). The van der Waals surface area contributed by atoms with Crippen molar-refractivity contribution in [2.24, 2.45) is 0 Å². The van der Waals surface area contributed by atoms with Crippen LogP contribution in [0.25, 0.3) is 10.2 Å². The molecule has 150 valence electrons. The largest absolute Gasteiger partial charge is 0.345 e. The van der Waals surface area contributed by atoms with E-state index in [0.29, 0.717) is 15.1 Å². The summed E-state index contributed by atoms with van der Waals surface area (Å²) in [5, 5.41) is 3.85. The fraction of sp³-hybridized carbons (Fsp3) is 0.435. The number of amides is 1. The topological polar surface area (TPSA) is 64.0 Å². The van der Waals surface area contributed by atoms with Crippen LogP contribution >= 0.6 is 11.3 Å². The van der Waals surface area contributed by atoms with Crippen molar-refractivity contribution in [3.63, 3.8) is 0 Å². The Morgan fingerprint density at radius 1 is 1.17 bits per heavy atom. The van der Waals surface area contributed by atoms with Crippen molar-refractivity contribution in [2.75, 3.05) is 0 Å². The van der Waals surface area contributed by atoms with Crippen molar-refractivity contribution in [3.05, 3.63) is 62.0 Å². The number of thiophene rings is 1. The summed E-state index contributed by atoms with van der Waals surface area (Å²) in [7, 11) is 0. The molecule has 1 aromatic carbocycles. The fourth-order valence-corrected chi connectivity index (χ4v) is 5.85. The predicted molar refractivity (Wildman–Crippen MR) is 116 cm³/mol. The molecule has 6 heteroatoms. The van der Waals surface area contributed by atoms with Gasteiger partial charge in [0.15, 0.2) is 0 Å². The van der Waals surface area contributed by atoms with Crippen LogP contribution in [0.2, 0.25) is 0 Å². The van der Waals surface area contributed by atoms with E-state index in [9.17, 15) is 9.59 Å². The Labute approximate surface area is 173 Å². The average molecular weight is 408 g/mol. The first-order valence-corrected chi connectivity index (χ1v) is 11.4. The van der Waals surface area contributed by atoms with Gasteiger partial charge in [0, 0.05) is 13.0 Å². The molecular formula is C23H25N3O2S. The average Bonchev–Trinajstić information content (AvgIpc) is 2.89. The van der Waals surface area contributed by atoms with Crippen LogP contribution in [0, 0.1) is 6.92 Å². The molecule has 0 spiro atoms. The standard InChI is InChI=1S/C23H25N3O2S/c1-14-19-22(25-18-12-3-2-6-13-26(18)23(19)28)29-20(14)21(27)24-17-11-7-9-15-8-4-5-10-16(15)17/h4-5,8,10,17H,2-3,6-7,9,11-13H2,1H3,(H,24,27)/t17-/m0/s1. The minimum atomic E-state index is -0.0909. The minimum absolute atomic E-state index is 0.0164.